The summed E-state index contributed by atoms with van der Waals surface area (Å²) in [6.07, 6.45) is 2.23. The number of nitrogens with one attached hydrogen (secondary N) is 1. The summed E-state index contributed by atoms with van der Waals surface area (Å²) < 4.78 is 7.31. The number of phenolic OH excluding ortho intramolecular Hbond substituents is 1. The quantitative estimate of drug-likeness (QED) is 0.139. The maximum Gasteiger partial charge on any atom is 0.256 e. The average Bonchev–Trinajstić information content (AvgIpc) is 3.16. The zero-order valence-corrected chi connectivity index (χ0v) is 19.5. The van der Waals surface area contributed by atoms with Crippen molar-refractivity contribution in [3.8, 4) is 11.5 Å². The fourth-order valence-corrected chi connectivity index (χ4v) is 5.67. The van der Waals surface area contributed by atoms with Crippen LogP contribution >= 0.6 is 34.9 Å². The highest BCUT2D eigenvalue weighted by Crippen LogP contribution is 2.34. The lowest BCUT2D eigenvalue weighted by atomic mass is 10.0. The number of nitrogens with zero attached hydrogens (tertiary/aromatic N) is 2. The fourth-order valence-electron chi connectivity index (χ4n) is 2.53. The Hall–Kier alpha value is -1.82. The van der Waals surface area contributed by atoms with Crippen molar-refractivity contribution in [2.24, 2.45) is 0 Å². The second-order valence-electron chi connectivity index (χ2n) is 6.37. The minimum absolute atomic E-state index is 0.0132. The minimum atomic E-state index is -0.480. The number of carbonyl (C=O) groups is 2. The van der Waals surface area contributed by atoms with E-state index in [1.807, 2.05) is 6.92 Å². The van der Waals surface area contributed by atoms with E-state index in [0.29, 0.717) is 34.2 Å². The third-order valence-corrected chi connectivity index (χ3v) is 7.36. The van der Waals surface area contributed by atoms with Crippen LogP contribution in [0.4, 0.5) is 0 Å². The number of Topliss-reactive ketones (excluding diaryl/α,β-unsaturated/α-hetero) is 1. The Balaban J connectivity index is 1.83. The number of carbonyl (C=O) groups excluding carboxylic acids is 2. The van der Waals surface area contributed by atoms with Crippen molar-refractivity contribution in [3.63, 3.8) is 0 Å². The first kappa shape index (κ1) is 24.4. The van der Waals surface area contributed by atoms with Crippen molar-refractivity contribution in [3.05, 3.63) is 23.3 Å². The summed E-state index contributed by atoms with van der Waals surface area (Å²) in [6.45, 7) is 5.58. The maximum absolute atomic E-state index is 11.6. The third kappa shape index (κ3) is 6.86. The smallest absolute Gasteiger partial charge is 0.256 e. The number of ether oxygens (including phenoxy) is 1. The summed E-state index contributed by atoms with van der Waals surface area (Å²) >= 11 is 4.18. The number of phenols is 1. The number of rotatable bonds is 12. The Labute approximate surface area is 187 Å². The van der Waals surface area contributed by atoms with Gasteiger partial charge in [0.15, 0.2) is 14.5 Å². The molecule has 0 bridgehead atoms. The molecule has 0 fully saturated rings. The molecule has 8 nitrogen and oxygen atoms in total. The van der Waals surface area contributed by atoms with Gasteiger partial charge in [-0.05, 0) is 38.8 Å². The summed E-state index contributed by atoms with van der Waals surface area (Å²) in [7, 11) is 0. The van der Waals surface area contributed by atoms with Crippen LogP contribution in [0.2, 0.25) is 0 Å². The minimum Gasteiger partial charge on any atom is -0.507 e. The van der Waals surface area contributed by atoms with Gasteiger partial charge in [0.1, 0.15) is 11.5 Å². The first-order valence-electron chi connectivity index (χ1n) is 9.42. The van der Waals surface area contributed by atoms with Crippen LogP contribution in [0.5, 0.6) is 11.5 Å². The van der Waals surface area contributed by atoms with E-state index in [1.54, 1.807) is 36.3 Å². The van der Waals surface area contributed by atoms with Crippen LogP contribution in [-0.2, 0) is 11.2 Å². The van der Waals surface area contributed by atoms with E-state index >= 15 is 0 Å². The average molecular weight is 472 g/mol. The molecular formula is C19H25N3O5S3. The Bertz CT molecular complexity index is 875. The summed E-state index contributed by atoms with van der Waals surface area (Å²) in [5.74, 6) is 0.738. The van der Waals surface area contributed by atoms with Gasteiger partial charge in [0.05, 0.1) is 17.4 Å². The van der Waals surface area contributed by atoms with Gasteiger partial charge < -0.3 is 9.84 Å². The van der Waals surface area contributed by atoms with E-state index in [0.717, 1.165) is 22.9 Å². The van der Waals surface area contributed by atoms with Crippen molar-refractivity contribution in [2.45, 2.75) is 54.0 Å². The molecule has 0 radical (unpaired) electrons. The SMILES string of the molecule is CCCc1c(OCCCSc2nnc(SC(C)C(=O)NO)s2)ccc(C(C)=O)c1O. The van der Waals surface area contributed by atoms with E-state index in [4.69, 9.17) is 9.94 Å². The van der Waals surface area contributed by atoms with E-state index in [2.05, 4.69) is 10.2 Å². The Morgan fingerprint density at radius 3 is 2.70 bits per heavy atom. The molecule has 0 saturated carbocycles. The summed E-state index contributed by atoms with van der Waals surface area (Å²) in [4.78, 5) is 23.0. The number of thioether (sulfide) groups is 2. The lowest BCUT2D eigenvalue weighted by Gasteiger charge is -2.14. The Kier molecular flexibility index (Phi) is 9.89. The molecule has 1 amide bonds. The standard InChI is InChI=1S/C19H25N3O5S3/c1-4-6-14-15(8-7-13(11(2)23)16(14)24)27-9-5-10-28-18-20-21-19(30-18)29-12(3)17(25)22-26/h7-8,12,24,26H,4-6,9-10H2,1-3H3,(H,22,25). The summed E-state index contributed by atoms with van der Waals surface area (Å²) in [5, 5.41) is 26.7. The van der Waals surface area contributed by atoms with Gasteiger partial charge in [0.25, 0.3) is 5.91 Å². The van der Waals surface area contributed by atoms with Crippen LogP contribution in [0, 0.1) is 0 Å². The van der Waals surface area contributed by atoms with Crippen LogP contribution in [0.3, 0.4) is 0 Å². The van der Waals surface area contributed by atoms with Crippen LogP contribution in [-0.4, -0.2) is 49.8 Å². The zero-order chi connectivity index (χ0) is 22.1. The van der Waals surface area contributed by atoms with Crippen molar-refractivity contribution in [1.82, 2.24) is 15.7 Å². The van der Waals surface area contributed by atoms with Crippen molar-refractivity contribution in [1.29, 1.82) is 0 Å². The zero-order valence-electron chi connectivity index (χ0n) is 17.0. The summed E-state index contributed by atoms with van der Waals surface area (Å²) in [5.41, 5.74) is 2.61. The van der Waals surface area contributed by atoms with Gasteiger partial charge in [-0.3, -0.25) is 14.8 Å². The maximum atomic E-state index is 11.6. The van der Waals surface area contributed by atoms with Crippen LogP contribution in [0.25, 0.3) is 0 Å². The number of aromatic nitrogens is 2. The highest BCUT2D eigenvalue weighted by atomic mass is 32.2. The normalized spacial score (nSPS) is 11.9. The van der Waals surface area contributed by atoms with Gasteiger partial charge in [-0.25, -0.2) is 5.48 Å². The van der Waals surface area contributed by atoms with Crippen LogP contribution in [0.15, 0.2) is 20.8 Å². The topological polar surface area (TPSA) is 122 Å². The van der Waals surface area contributed by atoms with Crippen molar-refractivity contribution >= 4 is 46.6 Å². The highest BCUT2D eigenvalue weighted by Gasteiger charge is 2.17. The molecule has 1 atom stereocenters. The molecule has 1 aromatic heterocycles. The molecule has 0 aliphatic carbocycles. The lowest BCUT2D eigenvalue weighted by Crippen LogP contribution is -2.27. The molecule has 2 aromatic rings. The number of hydroxylamine groups is 1. The first-order chi connectivity index (χ1) is 14.4. The Morgan fingerprint density at radius 2 is 2.03 bits per heavy atom. The van der Waals surface area contributed by atoms with E-state index in [9.17, 15) is 14.7 Å². The van der Waals surface area contributed by atoms with E-state index in [-0.39, 0.29) is 11.5 Å². The van der Waals surface area contributed by atoms with Crippen LogP contribution < -0.4 is 10.2 Å². The number of aromatic hydroxyl groups is 1. The molecule has 164 valence electrons. The predicted octanol–water partition coefficient (Wildman–Crippen LogP) is 3.95. The summed E-state index contributed by atoms with van der Waals surface area (Å²) in [6, 6.07) is 3.34. The molecule has 3 N–H and O–H groups in total. The second kappa shape index (κ2) is 12.1. The fraction of sp³-hybridized carbons (Fsp3) is 0.474. The largest absolute Gasteiger partial charge is 0.507 e. The van der Waals surface area contributed by atoms with Crippen LogP contribution in [0.1, 0.15) is 49.5 Å². The number of hydrogen-bond acceptors (Lipinski definition) is 10. The highest BCUT2D eigenvalue weighted by molar-refractivity contribution is 8.03. The molecule has 0 spiro atoms. The second-order valence-corrected chi connectivity index (χ2v) is 10.3. The molecule has 1 unspecified atom stereocenters. The number of ketones is 1. The third-order valence-electron chi connectivity index (χ3n) is 4.04. The molecular weight excluding hydrogens is 446 g/mol. The first-order valence-corrected chi connectivity index (χ1v) is 12.1. The van der Waals surface area contributed by atoms with Gasteiger partial charge in [0, 0.05) is 11.3 Å². The molecule has 1 heterocycles. The molecule has 11 heteroatoms. The molecule has 0 aliphatic heterocycles. The monoisotopic (exact) mass is 471 g/mol. The van der Waals surface area contributed by atoms with Gasteiger partial charge in [-0.2, -0.15) is 0 Å². The number of benzene rings is 1. The van der Waals surface area contributed by atoms with Gasteiger partial charge in [-0.15, -0.1) is 10.2 Å². The lowest BCUT2D eigenvalue weighted by molar-refractivity contribution is -0.128. The molecule has 1 aromatic carbocycles. The van der Waals surface area contributed by atoms with Crippen molar-refractivity contribution < 1.29 is 24.6 Å². The van der Waals surface area contributed by atoms with E-state index < -0.39 is 11.2 Å². The Morgan fingerprint density at radius 1 is 1.30 bits per heavy atom. The van der Waals surface area contributed by atoms with Gasteiger partial charge >= 0.3 is 0 Å². The van der Waals surface area contributed by atoms with E-state index in [1.165, 1.54) is 30.0 Å². The number of amides is 1. The van der Waals surface area contributed by atoms with Gasteiger partial charge in [0.2, 0.25) is 0 Å². The molecule has 0 saturated heterocycles. The number of hydrogen-bond donors (Lipinski definition) is 3. The molecule has 0 aliphatic rings. The molecule has 30 heavy (non-hydrogen) atoms. The predicted molar refractivity (Wildman–Crippen MR) is 118 cm³/mol. The molecule has 2 rings (SSSR count). The van der Waals surface area contributed by atoms with Crippen molar-refractivity contribution in [2.75, 3.05) is 12.4 Å². The van der Waals surface area contributed by atoms with Gasteiger partial charge in [-0.1, -0.05) is 48.2 Å².